The number of para-hydroxylation sites is 2. The van der Waals surface area contributed by atoms with Crippen molar-refractivity contribution in [1.82, 2.24) is 20.2 Å². The molecule has 7 heteroatoms. The number of fused-ring (bicyclic) bond motifs is 3. The maximum Gasteiger partial charge on any atom is 0.324 e. The molecule has 3 amide bonds. The van der Waals surface area contributed by atoms with E-state index in [-0.39, 0.29) is 18.0 Å². The highest BCUT2D eigenvalue weighted by molar-refractivity contribution is 5.96. The second kappa shape index (κ2) is 7.34. The predicted molar refractivity (Wildman–Crippen MR) is 108 cm³/mol. The van der Waals surface area contributed by atoms with E-state index in [1.54, 1.807) is 11.8 Å². The number of carbonyl (C=O) groups excluding carboxylic acids is 2. The zero-order valence-electron chi connectivity index (χ0n) is 15.9. The molecule has 2 N–H and O–H groups in total. The maximum absolute atomic E-state index is 12.7. The minimum Gasteiger partial charge on any atom is -0.348 e. The van der Waals surface area contributed by atoms with Gasteiger partial charge in [0.1, 0.15) is 6.04 Å². The molecule has 2 aromatic carbocycles. The van der Waals surface area contributed by atoms with E-state index in [9.17, 15) is 9.59 Å². The van der Waals surface area contributed by atoms with Crippen LogP contribution in [0.5, 0.6) is 0 Å². The third-order valence-electron chi connectivity index (χ3n) is 5.06. The number of imidazole rings is 1. The fourth-order valence-electron chi connectivity index (χ4n) is 3.47. The molecule has 1 aliphatic rings. The molecule has 0 radical (unpaired) electrons. The number of amides is 3. The van der Waals surface area contributed by atoms with E-state index >= 15 is 0 Å². The van der Waals surface area contributed by atoms with E-state index in [1.165, 1.54) is 0 Å². The van der Waals surface area contributed by atoms with E-state index in [0.29, 0.717) is 19.0 Å². The van der Waals surface area contributed by atoms with E-state index in [0.717, 1.165) is 16.6 Å². The Morgan fingerprint density at radius 1 is 0.964 bits per heavy atom. The lowest BCUT2D eigenvalue weighted by Crippen LogP contribution is -2.50. The Bertz CT molecular complexity index is 1010. The monoisotopic (exact) mass is 377 g/mol. The van der Waals surface area contributed by atoms with Gasteiger partial charge in [-0.15, -0.1) is 0 Å². The van der Waals surface area contributed by atoms with Crippen LogP contribution in [0.2, 0.25) is 0 Å². The third-order valence-corrected chi connectivity index (χ3v) is 5.06. The molecule has 0 bridgehead atoms. The number of aromatic nitrogens is 2. The van der Waals surface area contributed by atoms with Crippen molar-refractivity contribution in [2.45, 2.75) is 32.5 Å². The molecule has 0 aliphatic carbocycles. The lowest BCUT2D eigenvalue weighted by Gasteiger charge is -2.21. The summed E-state index contributed by atoms with van der Waals surface area (Å²) in [7, 11) is 0. The molecular weight excluding hydrogens is 354 g/mol. The topological polar surface area (TPSA) is 79.3 Å². The quantitative estimate of drug-likeness (QED) is 0.734. The van der Waals surface area contributed by atoms with Gasteiger partial charge in [-0.2, -0.15) is 0 Å². The van der Waals surface area contributed by atoms with Crippen molar-refractivity contribution in [2.75, 3.05) is 11.4 Å². The highest BCUT2D eigenvalue weighted by atomic mass is 16.2. The molecule has 28 heavy (non-hydrogen) atoms. The molecule has 2 atom stereocenters. The van der Waals surface area contributed by atoms with Crippen LogP contribution in [-0.4, -0.2) is 34.1 Å². The van der Waals surface area contributed by atoms with Crippen LogP contribution in [0.1, 0.15) is 25.5 Å². The van der Waals surface area contributed by atoms with Crippen LogP contribution < -0.4 is 15.5 Å². The van der Waals surface area contributed by atoms with Crippen LogP contribution in [-0.2, 0) is 11.3 Å². The lowest BCUT2D eigenvalue weighted by atomic mass is 10.1. The van der Waals surface area contributed by atoms with Gasteiger partial charge in [0.15, 0.2) is 0 Å². The smallest absolute Gasteiger partial charge is 0.324 e. The molecule has 0 saturated carbocycles. The number of benzene rings is 2. The first-order chi connectivity index (χ1) is 13.5. The van der Waals surface area contributed by atoms with Crippen LogP contribution in [0.3, 0.4) is 0 Å². The number of nitrogens with one attached hydrogen (secondary N) is 2. The Labute approximate surface area is 163 Å². The van der Waals surface area contributed by atoms with Gasteiger partial charge < -0.3 is 15.2 Å². The van der Waals surface area contributed by atoms with Crippen molar-refractivity contribution in [3.8, 4) is 0 Å². The molecule has 1 aliphatic heterocycles. The summed E-state index contributed by atoms with van der Waals surface area (Å²) >= 11 is 0. The number of nitrogens with zero attached hydrogens (tertiary/aromatic N) is 3. The largest absolute Gasteiger partial charge is 0.348 e. The molecule has 7 nitrogen and oxygen atoms in total. The average Bonchev–Trinajstić information content (AvgIpc) is 3.27. The fraction of sp³-hybridized carbons (Fsp3) is 0.286. The van der Waals surface area contributed by atoms with E-state index in [2.05, 4.69) is 15.6 Å². The first kappa shape index (κ1) is 18.0. The van der Waals surface area contributed by atoms with E-state index in [1.807, 2.05) is 66.1 Å². The standard InChI is InChI=1S/C21H23N5O2/c1-14(16-8-4-3-5-9-16)22-19(27)15(2)23-21(28)26-13-12-25-18-11-7-6-10-17(18)24-20(25)26/h3-11,14-15H,12-13H2,1-2H3,(H,22,27)(H,23,28)/t14?,15-/m0/s1. The number of urea groups is 1. The van der Waals surface area contributed by atoms with Crippen LogP contribution in [0, 0.1) is 0 Å². The minimum atomic E-state index is -0.655. The number of hydrogen-bond acceptors (Lipinski definition) is 3. The molecule has 144 valence electrons. The Morgan fingerprint density at radius 3 is 2.46 bits per heavy atom. The Hall–Kier alpha value is -3.35. The van der Waals surface area contributed by atoms with Gasteiger partial charge in [-0.25, -0.2) is 9.78 Å². The number of rotatable bonds is 4. The van der Waals surface area contributed by atoms with E-state index in [4.69, 9.17) is 0 Å². The van der Waals surface area contributed by atoms with Crippen LogP contribution in [0.15, 0.2) is 54.6 Å². The first-order valence-electron chi connectivity index (χ1n) is 9.43. The minimum absolute atomic E-state index is 0.135. The molecule has 2 heterocycles. The van der Waals surface area contributed by atoms with Gasteiger partial charge >= 0.3 is 6.03 Å². The van der Waals surface area contributed by atoms with Crippen molar-refractivity contribution in [1.29, 1.82) is 0 Å². The summed E-state index contributed by atoms with van der Waals surface area (Å²) in [5, 5.41) is 5.72. The van der Waals surface area contributed by atoms with E-state index < -0.39 is 6.04 Å². The number of hydrogen-bond donors (Lipinski definition) is 2. The Kier molecular flexibility index (Phi) is 4.73. The maximum atomic E-state index is 12.7. The highest BCUT2D eigenvalue weighted by Gasteiger charge is 2.30. The molecule has 0 fully saturated rings. The molecule has 0 saturated heterocycles. The van der Waals surface area contributed by atoms with Crippen molar-refractivity contribution < 1.29 is 9.59 Å². The summed E-state index contributed by atoms with van der Waals surface area (Å²) in [6.45, 7) is 4.83. The summed E-state index contributed by atoms with van der Waals surface area (Å²) in [5.74, 6) is 0.390. The Balaban J connectivity index is 1.41. The molecule has 4 rings (SSSR count). The summed E-state index contributed by atoms with van der Waals surface area (Å²) < 4.78 is 2.02. The summed E-state index contributed by atoms with van der Waals surface area (Å²) in [6, 6.07) is 16.4. The van der Waals surface area contributed by atoms with Crippen molar-refractivity contribution >= 4 is 28.9 Å². The predicted octanol–water partition coefficient (Wildman–Crippen LogP) is 2.83. The van der Waals surface area contributed by atoms with Gasteiger partial charge in [0.05, 0.1) is 17.1 Å². The zero-order chi connectivity index (χ0) is 19.7. The van der Waals surface area contributed by atoms with Crippen molar-refractivity contribution in [2.24, 2.45) is 0 Å². The lowest BCUT2D eigenvalue weighted by molar-refractivity contribution is -0.123. The molecule has 1 unspecified atom stereocenters. The van der Waals surface area contributed by atoms with Crippen LogP contribution in [0.25, 0.3) is 11.0 Å². The number of carbonyl (C=O) groups is 2. The second-order valence-corrected chi connectivity index (χ2v) is 7.02. The number of anilines is 1. The first-order valence-corrected chi connectivity index (χ1v) is 9.43. The summed E-state index contributed by atoms with van der Waals surface area (Å²) in [6.07, 6.45) is 0. The SMILES string of the molecule is CC(NC(=O)[C@H](C)NC(=O)N1CCn2c1nc1ccccc12)c1ccccc1. The second-order valence-electron chi connectivity index (χ2n) is 7.02. The molecule has 3 aromatic rings. The molecule has 1 aromatic heterocycles. The van der Waals surface area contributed by atoms with Gasteiger partial charge in [-0.05, 0) is 31.5 Å². The zero-order valence-corrected chi connectivity index (χ0v) is 15.9. The van der Waals surface area contributed by atoms with Crippen LogP contribution >= 0.6 is 0 Å². The molecule has 0 spiro atoms. The van der Waals surface area contributed by atoms with Gasteiger partial charge in [0, 0.05) is 13.1 Å². The van der Waals surface area contributed by atoms with Crippen LogP contribution in [0.4, 0.5) is 10.7 Å². The Morgan fingerprint density at radius 2 is 1.68 bits per heavy atom. The van der Waals surface area contributed by atoms with Crippen molar-refractivity contribution in [3.63, 3.8) is 0 Å². The summed E-state index contributed by atoms with van der Waals surface area (Å²) in [5.41, 5.74) is 2.88. The molecular formula is C21H23N5O2. The highest BCUT2D eigenvalue weighted by Crippen LogP contribution is 2.27. The normalized spacial score (nSPS) is 15.1. The van der Waals surface area contributed by atoms with Gasteiger partial charge in [-0.1, -0.05) is 42.5 Å². The van der Waals surface area contributed by atoms with Gasteiger partial charge in [0.2, 0.25) is 11.9 Å². The average molecular weight is 377 g/mol. The third kappa shape index (κ3) is 3.31. The van der Waals surface area contributed by atoms with Gasteiger partial charge in [-0.3, -0.25) is 9.69 Å². The van der Waals surface area contributed by atoms with Gasteiger partial charge in [0.25, 0.3) is 0 Å². The summed E-state index contributed by atoms with van der Waals surface area (Å²) in [4.78, 5) is 31.4. The van der Waals surface area contributed by atoms with Crippen molar-refractivity contribution in [3.05, 3.63) is 60.2 Å². The fourth-order valence-corrected chi connectivity index (χ4v) is 3.47.